The number of rotatable bonds is 2. The van der Waals surface area contributed by atoms with Crippen LogP contribution in [0.4, 0.5) is 0 Å². The highest BCUT2D eigenvalue weighted by atomic mass is 16.5. The topological polar surface area (TPSA) is 86.7 Å². The lowest BCUT2D eigenvalue weighted by Crippen LogP contribution is -2.53. The van der Waals surface area contributed by atoms with Crippen molar-refractivity contribution in [1.82, 2.24) is 0 Å². The molecule has 4 rings (SSSR count). The maximum absolute atomic E-state index is 13.3. The summed E-state index contributed by atoms with van der Waals surface area (Å²) in [7, 11) is 0. The van der Waals surface area contributed by atoms with Gasteiger partial charge in [0.15, 0.2) is 17.7 Å². The highest BCUT2D eigenvalue weighted by molar-refractivity contribution is 5.98. The van der Waals surface area contributed by atoms with Crippen LogP contribution in [0.25, 0.3) is 0 Å². The van der Waals surface area contributed by atoms with E-state index in [9.17, 15) is 19.2 Å². The third-order valence-corrected chi connectivity index (χ3v) is 8.25. The van der Waals surface area contributed by atoms with Crippen LogP contribution in [0.2, 0.25) is 0 Å². The monoisotopic (exact) mass is 402 g/mol. The molecule has 7 atom stereocenters. The zero-order chi connectivity index (χ0) is 21.1. The van der Waals surface area contributed by atoms with Crippen molar-refractivity contribution in [3.8, 4) is 0 Å². The summed E-state index contributed by atoms with van der Waals surface area (Å²) < 4.78 is 10.7. The largest absolute Gasteiger partial charge is 0.462 e. The van der Waals surface area contributed by atoms with E-state index in [-0.39, 0.29) is 46.8 Å². The van der Waals surface area contributed by atoms with Crippen molar-refractivity contribution in [2.75, 3.05) is 0 Å². The van der Waals surface area contributed by atoms with E-state index in [2.05, 4.69) is 6.92 Å². The summed E-state index contributed by atoms with van der Waals surface area (Å²) in [6, 6.07) is 0. The molecule has 0 spiro atoms. The number of carbonyl (C=O) groups is 4. The van der Waals surface area contributed by atoms with Gasteiger partial charge in [0.25, 0.3) is 0 Å². The molecule has 0 aromatic carbocycles. The lowest BCUT2D eigenvalue weighted by Gasteiger charge is -2.55. The molecule has 29 heavy (non-hydrogen) atoms. The molecule has 0 aromatic rings. The standard InChI is InChI=1S/C23H30O6/c1-12(24)28-15-5-7-22(3)14(9-15)10-18(26)20-16(22)6-8-23(4)17(20)11-19(21(23)27)29-13(2)25/h10,15-17,19-20H,5-9,11H2,1-4H3/t15-,16?,17?,19-,20?,22+,23+/m1/s1. The van der Waals surface area contributed by atoms with E-state index in [1.807, 2.05) is 6.92 Å². The minimum absolute atomic E-state index is 0.0255. The average Bonchev–Trinajstić information content (AvgIpc) is 2.87. The summed E-state index contributed by atoms with van der Waals surface area (Å²) in [5, 5.41) is 0. The maximum atomic E-state index is 13.3. The number of ketones is 2. The van der Waals surface area contributed by atoms with Crippen molar-refractivity contribution in [2.24, 2.45) is 28.6 Å². The van der Waals surface area contributed by atoms with Gasteiger partial charge in [0, 0.05) is 31.6 Å². The molecule has 0 bridgehead atoms. The number of Topliss-reactive ketones (excluding diaryl/α,β-unsaturated/α-hetero) is 1. The van der Waals surface area contributed by atoms with E-state index in [4.69, 9.17) is 9.47 Å². The van der Waals surface area contributed by atoms with Crippen LogP contribution >= 0.6 is 0 Å². The first kappa shape index (κ1) is 20.3. The molecule has 4 aliphatic carbocycles. The van der Waals surface area contributed by atoms with Gasteiger partial charge in [-0.3, -0.25) is 19.2 Å². The number of hydrogen-bond donors (Lipinski definition) is 0. The van der Waals surface area contributed by atoms with Crippen molar-refractivity contribution in [2.45, 2.75) is 78.4 Å². The Hall–Kier alpha value is -1.98. The normalized spacial score (nSPS) is 43.6. The van der Waals surface area contributed by atoms with Gasteiger partial charge in [-0.25, -0.2) is 0 Å². The second-order valence-corrected chi connectivity index (χ2v) is 9.86. The Balaban J connectivity index is 1.65. The maximum Gasteiger partial charge on any atom is 0.303 e. The van der Waals surface area contributed by atoms with Gasteiger partial charge in [-0.1, -0.05) is 19.4 Å². The molecule has 0 N–H and O–H groups in total. The van der Waals surface area contributed by atoms with E-state index < -0.39 is 17.5 Å². The van der Waals surface area contributed by atoms with Crippen LogP contribution in [0.15, 0.2) is 11.6 Å². The number of allylic oxidation sites excluding steroid dienone is 1. The number of ether oxygens (including phenoxy) is 2. The predicted octanol–water partition coefficient (Wildman–Crippen LogP) is 3.17. The summed E-state index contributed by atoms with van der Waals surface area (Å²) in [4.78, 5) is 49.1. The molecule has 6 heteroatoms. The Morgan fingerprint density at radius 2 is 1.62 bits per heavy atom. The minimum atomic E-state index is -0.730. The number of hydrogen-bond acceptors (Lipinski definition) is 6. The van der Waals surface area contributed by atoms with Gasteiger partial charge in [0.05, 0.1) is 0 Å². The molecule has 3 saturated carbocycles. The van der Waals surface area contributed by atoms with E-state index in [1.165, 1.54) is 13.8 Å². The van der Waals surface area contributed by atoms with Crippen LogP contribution < -0.4 is 0 Å². The zero-order valence-corrected chi connectivity index (χ0v) is 17.7. The fraction of sp³-hybridized carbons (Fsp3) is 0.739. The predicted molar refractivity (Wildman–Crippen MR) is 104 cm³/mol. The molecule has 0 amide bonds. The summed E-state index contributed by atoms with van der Waals surface area (Å²) in [6.45, 7) is 6.93. The van der Waals surface area contributed by atoms with Crippen molar-refractivity contribution in [1.29, 1.82) is 0 Å². The number of fused-ring (bicyclic) bond motifs is 5. The molecule has 0 radical (unpaired) electrons. The van der Waals surface area contributed by atoms with Crippen molar-refractivity contribution < 1.29 is 28.7 Å². The molecule has 158 valence electrons. The van der Waals surface area contributed by atoms with Crippen LogP contribution in [0.3, 0.4) is 0 Å². The molecule has 0 saturated heterocycles. The molecular weight excluding hydrogens is 372 g/mol. The Kier molecular flexibility index (Phi) is 4.74. The molecule has 3 fully saturated rings. The smallest absolute Gasteiger partial charge is 0.303 e. The Bertz CT molecular complexity index is 812. The van der Waals surface area contributed by atoms with Crippen molar-refractivity contribution in [3.63, 3.8) is 0 Å². The minimum Gasteiger partial charge on any atom is -0.462 e. The van der Waals surface area contributed by atoms with Gasteiger partial charge in [0.1, 0.15) is 6.10 Å². The fourth-order valence-electron chi connectivity index (χ4n) is 6.78. The van der Waals surface area contributed by atoms with E-state index in [1.54, 1.807) is 6.08 Å². The SMILES string of the molecule is CC(=O)O[C@@H]1CC[C@@]2(C)C(=CC(=O)C3C2CC[C@]2(C)C(=O)[C@H](OC(C)=O)CC32)C1. The summed E-state index contributed by atoms with van der Waals surface area (Å²) >= 11 is 0. The van der Waals surface area contributed by atoms with Crippen molar-refractivity contribution in [3.05, 3.63) is 11.6 Å². The van der Waals surface area contributed by atoms with E-state index in [0.717, 1.165) is 31.3 Å². The van der Waals surface area contributed by atoms with Crippen LogP contribution in [0.1, 0.15) is 66.2 Å². The molecule has 3 unspecified atom stereocenters. The second kappa shape index (κ2) is 6.78. The Morgan fingerprint density at radius 1 is 0.966 bits per heavy atom. The number of carbonyl (C=O) groups excluding carboxylic acids is 4. The van der Waals surface area contributed by atoms with Crippen LogP contribution in [-0.4, -0.2) is 35.7 Å². The van der Waals surface area contributed by atoms with Gasteiger partial charge in [0.2, 0.25) is 0 Å². The van der Waals surface area contributed by atoms with Gasteiger partial charge in [-0.15, -0.1) is 0 Å². The highest BCUT2D eigenvalue weighted by Gasteiger charge is 2.64. The molecule has 0 aliphatic heterocycles. The first-order valence-corrected chi connectivity index (χ1v) is 10.7. The summed E-state index contributed by atoms with van der Waals surface area (Å²) in [5.74, 6) is -0.803. The van der Waals surface area contributed by atoms with Gasteiger partial charge in [-0.2, -0.15) is 0 Å². The first-order chi connectivity index (χ1) is 13.6. The quantitative estimate of drug-likeness (QED) is 0.660. The summed E-state index contributed by atoms with van der Waals surface area (Å²) in [6.07, 6.45) is 5.13. The van der Waals surface area contributed by atoms with E-state index in [0.29, 0.717) is 12.8 Å². The van der Waals surface area contributed by atoms with E-state index >= 15 is 0 Å². The summed E-state index contributed by atoms with van der Waals surface area (Å²) in [5.41, 5.74) is 0.373. The van der Waals surface area contributed by atoms with Crippen molar-refractivity contribution >= 4 is 23.5 Å². The lowest BCUT2D eigenvalue weighted by molar-refractivity contribution is -0.154. The third-order valence-electron chi connectivity index (χ3n) is 8.25. The van der Waals surface area contributed by atoms with Crippen LogP contribution in [-0.2, 0) is 28.7 Å². The Labute approximate surface area is 171 Å². The molecule has 0 aromatic heterocycles. The van der Waals surface area contributed by atoms with Crippen LogP contribution in [0, 0.1) is 28.6 Å². The zero-order valence-electron chi connectivity index (χ0n) is 17.7. The Morgan fingerprint density at radius 3 is 2.28 bits per heavy atom. The molecule has 4 aliphatic rings. The van der Waals surface area contributed by atoms with Crippen LogP contribution in [0.5, 0.6) is 0 Å². The number of esters is 2. The molecule has 6 nitrogen and oxygen atoms in total. The fourth-order valence-corrected chi connectivity index (χ4v) is 6.78. The molecular formula is C23H30O6. The average molecular weight is 402 g/mol. The first-order valence-electron chi connectivity index (χ1n) is 10.7. The van der Waals surface area contributed by atoms with Gasteiger partial charge < -0.3 is 9.47 Å². The van der Waals surface area contributed by atoms with Gasteiger partial charge >= 0.3 is 11.9 Å². The second-order valence-electron chi connectivity index (χ2n) is 9.86. The highest BCUT2D eigenvalue weighted by Crippen LogP contribution is 2.63. The van der Waals surface area contributed by atoms with Gasteiger partial charge in [-0.05, 0) is 55.4 Å². The molecule has 0 heterocycles. The lowest BCUT2D eigenvalue weighted by atomic mass is 9.48. The third kappa shape index (κ3) is 3.06.